The molecular weight excluding hydrogens is 353 g/mol. The summed E-state index contributed by atoms with van der Waals surface area (Å²) in [4.78, 5) is 15.3. The number of carbonyl (C=O) groups excluding carboxylic acids is 1. The van der Waals surface area contributed by atoms with Crippen LogP contribution >= 0.6 is 34.8 Å². The fourth-order valence-corrected chi connectivity index (χ4v) is 1.38. The van der Waals surface area contributed by atoms with Crippen molar-refractivity contribution in [1.29, 1.82) is 0 Å². The minimum Gasteiger partial charge on any atom is -0.311 e. The van der Waals surface area contributed by atoms with E-state index in [4.69, 9.17) is 34.8 Å². The molecule has 0 saturated carbocycles. The zero-order chi connectivity index (χ0) is 16.0. The molecule has 0 N–H and O–H groups in total. The van der Waals surface area contributed by atoms with E-state index < -0.39 is 33.8 Å². The summed E-state index contributed by atoms with van der Waals surface area (Å²) in [7, 11) is 0. The molecule has 0 aromatic heterocycles. The van der Waals surface area contributed by atoms with Gasteiger partial charge in [-0.2, -0.15) is 13.2 Å². The first-order chi connectivity index (χ1) is 9.71. The standard InChI is InChI=1S/C12H7Cl3F3NO2/c13-9(10(14)15)11(20)21-19-8(12(16,17)18)6-7-4-2-1-3-5-7/h1-5H,6H2/b19-8+. The van der Waals surface area contributed by atoms with E-state index in [0.29, 0.717) is 5.56 Å². The van der Waals surface area contributed by atoms with Crippen molar-refractivity contribution in [2.45, 2.75) is 12.6 Å². The second-order valence-electron chi connectivity index (χ2n) is 3.65. The van der Waals surface area contributed by atoms with Gasteiger partial charge >= 0.3 is 12.1 Å². The molecule has 0 aliphatic rings. The van der Waals surface area contributed by atoms with Crippen LogP contribution in [0.25, 0.3) is 0 Å². The monoisotopic (exact) mass is 359 g/mol. The molecule has 0 aliphatic heterocycles. The first-order valence-electron chi connectivity index (χ1n) is 5.32. The van der Waals surface area contributed by atoms with Crippen LogP contribution in [-0.2, 0) is 16.1 Å². The van der Waals surface area contributed by atoms with Crippen LogP contribution in [0.1, 0.15) is 5.56 Å². The van der Waals surface area contributed by atoms with E-state index in [1.807, 2.05) is 0 Å². The molecule has 21 heavy (non-hydrogen) atoms. The highest BCUT2D eigenvalue weighted by molar-refractivity contribution is 6.62. The predicted octanol–water partition coefficient (Wildman–Crippen LogP) is 4.58. The molecule has 1 aromatic rings. The van der Waals surface area contributed by atoms with Crippen molar-refractivity contribution in [3.05, 3.63) is 45.4 Å². The highest BCUT2D eigenvalue weighted by atomic mass is 35.5. The molecule has 0 aliphatic carbocycles. The highest BCUT2D eigenvalue weighted by Gasteiger charge is 2.36. The van der Waals surface area contributed by atoms with E-state index in [2.05, 4.69) is 9.99 Å². The quantitative estimate of drug-likeness (QED) is 0.341. The molecule has 114 valence electrons. The summed E-state index contributed by atoms with van der Waals surface area (Å²) in [6.07, 6.45) is -5.33. The van der Waals surface area contributed by atoms with Gasteiger partial charge in [0, 0.05) is 6.42 Å². The van der Waals surface area contributed by atoms with E-state index in [-0.39, 0.29) is 0 Å². The van der Waals surface area contributed by atoms with Gasteiger partial charge in [-0.15, -0.1) is 0 Å². The average molecular weight is 361 g/mol. The lowest BCUT2D eigenvalue weighted by Gasteiger charge is -2.09. The number of hydrogen-bond acceptors (Lipinski definition) is 3. The molecule has 0 bridgehead atoms. The Balaban J connectivity index is 2.92. The third-order valence-electron chi connectivity index (χ3n) is 2.13. The van der Waals surface area contributed by atoms with E-state index in [1.165, 1.54) is 12.1 Å². The molecule has 1 aromatic carbocycles. The number of oxime groups is 1. The van der Waals surface area contributed by atoms with Crippen molar-refractivity contribution >= 4 is 46.5 Å². The smallest absolute Gasteiger partial charge is 0.311 e. The molecule has 1 rings (SSSR count). The molecule has 0 unspecified atom stereocenters. The van der Waals surface area contributed by atoms with Crippen LogP contribution < -0.4 is 0 Å². The van der Waals surface area contributed by atoms with Crippen molar-refractivity contribution in [1.82, 2.24) is 0 Å². The van der Waals surface area contributed by atoms with Gasteiger partial charge in [-0.05, 0) is 5.56 Å². The van der Waals surface area contributed by atoms with Crippen LogP contribution in [0.2, 0.25) is 0 Å². The third kappa shape index (κ3) is 5.95. The van der Waals surface area contributed by atoms with E-state index in [9.17, 15) is 18.0 Å². The molecule has 0 amide bonds. The molecule has 0 atom stereocenters. The summed E-state index contributed by atoms with van der Waals surface area (Å²) >= 11 is 15.7. The van der Waals surface area contributed by atoms with Crippen molar-refractivity contribution in [3.8, 4) is 0 Å². The summed E-state index contributed by atoms with van der Waals surface area (Å²) in [5, 5.41) is 2.04. The number of alkyl halides is 3. The van der Waals surface area contributed by atoms with Crippen LogP contribution in [0.5, 0.6) is 0 Å². The van der Waals surface area contributed by atoms with Crippen molar-refractivity contribution in [3.63, 3.8) is 0 Å². The Hall–Kier alpha value is -1.24. The minimum atomic E-state index is -4.77. The van der Waals surface area contributed by atoms with E-state index >= 15 is 0 Å². The van der Waals surface area contributed by atoms with Gasteiger partial charge in [0.25, 0.3) is 0 Å². The Morgan fingerprint density at radius 3 is 2.19 bits per heavy atom. The van der Waals surface area contributed by atoms with Gasteiger partial charge in [0.05, 0.1) is 0 Å². The molecule has 0 radical (unpaired) electrons. The topological polar surface area (TPSA) is 38.7 Å². The van der Waals surface area contributed by atoms with Crippen LogP contribution in [-0.4, -0.2) is 17.9 Å². The Bertz CT molecular complexity index is 567. The zero-order valence-corrected chi connectivity index (χ0v) is 12.4. The van der Waals surface area contributed by atoms with Gasteiger partial charge in [-0.25, -0.2) is 4.79 Å². The summed E-state index contributed by atoms with van der Waals surface area (Å²) in [6, 6.07) is 7.75. The van der Waals surface area contributed by atoms with Gasteiger partial charge in [-0.1, -0.05) is 70.3 Å². The van der Waals surface area contributed by atoms with E-state index in [0.717, 1.165) is 0 Å². The van der Waals surface area contributed by atoms with Crippen LogP contribution in [0, 0.1) is 0 Å². The number of nitrogens with zero attached hydrogens (tertiary/aromatic N) is 1. The fraction of sp³-hybridized carbons (Fsp3) is 0.167. The van der Waals surface area contributed by atoms with Crippen LogP contribution in [0.4, 0.5) is 13.2 Å². The van der Waals surface area contributed by atoms with Crippen molar-refractivity contribution in [2.75, 3.05) is 0 Å². The number of halogens is 6. The lowest BCUT2D eigenvalue weighted by atomic mass is 10.1. The number of hydrogen-bond donors (Lipinski definition) is 0. The summed E-state index contributed by atoms with van der Waals surface area (Å²) in [5.41, 5.74) is -0.946. The molecule has 0 saturated heterocycles. The SMILES string of the molecule is O=C(O/N=C(\Cc1ccccc1)C(F)(F)F)C(Cl)=C(Cl)Cl. The molecule has 0 fully saturated rings. The normalized spacial score (nSPS) is 12.0. The van der Waals surface area contributed by atoms with Gasteiger partial charge in [0.1, 0.15) is 4.49 Å². The maximum Gasteiger partial charge on any atom is 0.433 e. The van der Waals surface area contributed by atoms with Crippen molar-refractivity contribution in [2.24, 2.45) is 5.16 Å². The van der Waals surface area contributed by atoms with Gasteiger partial charge in [-0.3, -0.25) is 0 Å². The minimum absolute atomic E-state index is 0.349. The van der Waals surface area contributed by atoms with Gasteiger partial charge < -0.3 is 4.84 Å². The average Bonchev–Trinajstić information content (AvgIpc) is 2.41. The second-order valence-corrected chi connectivity index (χ2v) is 4.98. The Morgan fingerprint density at radius 2 is 1.71 bits per heavy atom. The molecular formula is C12H7Cl3F3NO2. The predicted molar refractivity (Wildman–Crippen MR) is 74.3 cm³/mol. The van der Waals surface area contributed by atoms with Gasteiger partial charge in [0.15, 0.2) is 10.7 Å². The first-order valence-corrected chi connectivity index (χ1v) is 6.45. The molecule has 3 nitrogen and oxygen atoms in total. The zero-order valence-electron chi connectivity index (χ0n) is 10.1. The fourth-order valence-electron chi connectivity index (χ4n) is 1.19. The van der Waals surface area contributed by atoms with Crippen LogP contribution in [0.3, 0.4) is 0 Å². The maximum absolute atomic E-state index is 12.8. The Kier molecular flexibility index (Phi) is 6.51. The maximum atomic E-state index is 12.8. The summed E-state index contributed by atoms with van der Waals surface area (Å²) in [6.45, 7) is 0. The Morgan fingerprint density at radius 1 is 1.14 bits per heavy atom. The Labute approximate surface area is 132 Å². The summed E-state index contributed by atoms with van der Waals surface area (Å²) < 4.78 is 37.8. The van der Waals surface area contributed by atoms with Crippen LogP contribution in [0.15, 0.2) is 45.0 Å². The third-order valence-corrected chi connectivity index (χ3v) is 3.04. The highest BCUT2D eigenvalue weighted by Crippen LogP contribution is 2.22. The number of rotatable bonds is 4. The number of carbonyl (C=O) groups is 1. The molecule has 9 heteroatoms. The largest absolute Gasteiger partial charge is 0.433 e. The summed E-state index contributed by atoms with van der Waals surface area (Å²) in [5.74, 6) is -1.38. The van der Waals surface area contributed by atoms with Crippen molar-refractivity contribution < 1.29 is 22.8 Å². The lowest BCUT2D eigenvalue weighted by Crippen LogP contribution is -2.26. The number of benzene rings is 1. The first kappa shape index (κ1) is 17.8. The molecule has 0 spiro atoms. The lowest BCUT2D eigenvalue weighted by molar-refractivity contribution is -0.138. The van der Waals surface area contributed by atoms with E-state index in [1.54, 1.807) is 18.2 Å². The second kappa shape index (κ2) is 7.68. The molecule has 0 heterocycles. The van der Waals surface area contributed by atoms with Gasteiger partial charge in [0.2, 0.25) is 0 Å².